The van der Waals surface area contributed by atoms with Crippen molar-refractivity contribution in [3.8, 4) is 11.4 Å². The molecule has 4 aromatic rings. The number of methoxy groups -OCH3 is 1. The number of hydrogen-bond acceptors (Lipinski definition) is 5. The normalized spacial score (nSPS) is 17.9. The third kappa shape index (κ3) is 5.24. The van der Waals surface area contributed by atoms with Crippen LogP contribution in [-0.4, -0.2) is 55.3 Å². The molecule has 2 aromatic heterocycles. The van der Waals surface area contributed by atoms with Gasteiger partial charge in [0, 0.05) is 37.3 Å². The van der Waals surface area contributed by atoms with Crippen LogP contribution in [0.15, 0.2) is 61.1 Å². The average molecular weight is 523 g/mol. The number of benzene rings is 2. The first-order chi connectivity index (χ1) is 19.1. The number of fused-ring (bicyclic) bond motifs is 1. The third-order valence-electron chi connectivity index (χ3n) is 7.97. The van der Waals surface area contributed by atoms with Crippen LogP contribution in [0.2, 0.25) is 0 Å². The van der Waals surface area contributed by atoms with Crippen molar-refractivity contribution in [2.75, 3.05) is 20.2 Å². The quantitative estimate of drug-likeness (QED) is 0.340. The number of carbonyl (C=O) groups is 1. The summed E-state index contributed by atoms with van der Waals surface area (Å²) in [5, 5.41) is 4.81. The molecule has 4 heterocycles. The predicted molar refractivity (Wildman–Crippen MR) is 151 cm³/mol. The van der Waals surface area contributed by atoms with Crippen LogP contribution in [0.4, 0.5) is 0 Å². The van der Waals surface area contributed by atoms with E-state index in [4.69, 9.17) is 14.8 Å². The summed E-state index contributed by atoms with van der Waals surface area (Å²) in [6, 6.07) is 15.7. The van der Waals surface area contributed by atoms with Crippen LogP contribution in [0.25, 0.3) is 17.8 Å². The Hall–Kier alpha value is -4.20. The predicted octanol–water partition coefficient (Wildman–Crippen LogP) is 5.38. The van der Waals surface area contributed by atoms with Crippen LogP contribution in [0.1, 0.15) is 64.9 Å². The van der Waals surface area contributed by atoms with Gasteiger partial charge in [-0.05, 0) is 74.4 Å². The highest BCUT2D eigenvalue weighted by atomic mass is 16.5. The van der Waals surface area contributed by atoms with Gasteiger partial charge in [-0.2, -0.15) is 5.10 Å². The monoisotopic (exact) mass is 522 g/mol. The molecule has 1 saturated heterocycles. The zero-order valence-corrected chi connectivity index (χ0v) is 22.5. The van der Waals surface area contributed by atoms with Gasteiger partial charge in [0.25, 0.3) is 5.91 Å². The fourth-order valence-corrected chi connectivity index (χ4v) is 5.92. The van der Waals surface area contributed by atoms with E-state index in [9.17, 15) is 4.79 Å². The van der Waals surface area contributed by atoms with E-state index in [-0.39, 0.29) is 5.91 Å². The highest BCUT2D eigenvalue weighted by Gasteiger charge is 2.34. The number of imidazole rings is 1. The number of hydrogen-bond donors (Lipinski definition) is 0. The molecule has 1 amide bonds. The van der Waals surface area contributed by atoms with E-state index in [1.54, 1.807) is 13.4 Å². The van der Waals surface area contributed by atoms with Crippen molar-refractivity contribution in [3.05, 3.63) is 89.5 Å². The molecule has 1 unspecified atom stereocenters. The lowest BCUT2D eigenvalue weighted by Gasteiger charge is -2.37. The number of aromatic nitrogens is 5. The molecular weight excluding hydrogens is 488 g/mol. The molecule has 2 aromatic carbocycles. The van der Waals surface area contributed by atoms with Crippen molar-refractivity contribution in [1.82, 2.24) is 29.2 Å². The number of rotatable bonds is 6. The molecule has 39 heavy (non-hydrogen) atoms. The van der Waals surface area contributed by atoms with Gasteiger partial charge in [-0.15, -0.1) is 0 Å². The Bertz CT molecular complexity index is 1480. The number of aryl methyl sites for hydroxylation is 2. The summed E-state index contributed by atoms with van der Waals surface area (Å²) >= 11 is 0. The topological polar surface area (TPSA) is 78.1 Å². The Morgan fingerprint density at radius 2 is 1.85 bits per heavy atom. The Balaban J connectivity index is 1.14. The summed E-state index contributed by atoms with van der Waals surface area (Å²) in [5.41, 5.74) is 3.70. The second-order valence-corrected chi connectivity index (χ2v) is 10.5. The molecule has 2 aliphatic heterocycles. The number of nitrogens with zero attached hydrogens (tertiary/aromatic N) is 6. The van der Waals surface area contributed by atoms with Gasteiger partial charge in [-0.1, -0.05) is 30.3 Å². The SMILES string of the molecule is COc1cc(/C=C/c2nc3n(n2)CCCC3C2CCN(C(=O)c3ccccc3)CC2)ccc1-n1cnc(C)c1. The van der Waals surface area contributed by atoms with Crippen molar-refractivity contribution in [2.45, 2.75) is 45.1 Å². The second-order valence-electron chi connectivity index (χ2n) is 10.5. The van der Waals surface area contributed by atoms with Gasteiger partial charge in [-0.3, -0.25) is 4.79 Å². The molecule has 200 valence electrons. The maximum Gasteiger partial charge on any atom is 0.253 e. The summed E-state index contributed by atoms with van der Waals surface area (Å²) < 4.78 is 9.72. The van der Waals surface area contributed by atoms with Crippen molar-refractivity contribution in [2.24, 2.45) is 5.92 Å². The fourth-order valence-electron chi connectivity index (χ4n) is 5.92. The molecule has 8 heteroatoms. The van der Waals surface area contributed by atoms with Crippen LogP contribution >= 0.6 is 0 Å². The molecular formula is C31H34N6O2. The van der Waals surface area contributed by atoms with Gasteiger partial charge < -0.3 is 14.2 Å². The Kier molecular flexibility index (Phi) is 7.00. The van der Waals surface area contributed by atoms with E-state index in [0.717, 1.165) is 85.2 Å². The fraction of sp³-hybridized carbons (Fsp3) is 0.355. The molecule has 6 rings (SSSR count). The highest BCUT2D eigenvalue weighted by Crippen LogP contribution is 2.38. The minimum absolute atomic E-state index is 0.137. The molecule has 0 N–H and O–H groups in total. The number of amides is 1. The second kappa shape index (κ2) is 10.9. The number of likely N-dealkylation sites (tertiary alicyclic amines) is 1. The van der Waals surface area contributed by atoms with E-state index in [0.29, 0.717) is 11.8 Å². The van der Waals surface area contributed by atoms with Crippen LogP contribution < -0.4 is 4.74 Å². The van der Waals surface area contributed by atoms with Crippen molar-refractivity contribution in [3.63, 3.8) is 0 Å². The molecule has 8 nitrogen and oxygen atoms in total. The standard InChI is InChI=1S/C31H34N6O2/c1-22-20-36(21-32-22)27-12-10-23(19-28(27)39-2)11-13-29-33-30-26(9-6-16-37(30)34-29)24-14-17-35(18-15-24)31(38)25-7-4-3-5-8-25/h3-5,7-8,10-13,19-21,24,26H,6,9,14-18H2,1-2H3/b13-11+. The van der Waals surface area contributed by atoms with Gasteiger partial charge in [0.1, 0.15) is 11.6 Å². The average Bonchev–Trinajstić information content (AvgIpc) is 3.62. The Morgan fingerprint density at radius 1 is 1.03 bits per heavy atom. The Morgan fingerprint density at radius 3 is 2.59 bits per heavy atom. The van der Waals surface area contributed by atoms with Gasteiger partial charge in [0.05, 0.1) is 24.8 Å². The smallest absolute Gasteiger partial charge is 0.253 e. The van der Waals surface area contributed by atoms with E-state index >= 15 is 0 Å². The first kappa shape index (κ1) is 25.1. The number of ether oxygens (including phenoxy) is 1. The molecule has 0 aliphatic carbocycles. The first-order valence-corrected chi connectivity index (χ1v) is 13.7. The lowest BCUT2D eigenvalue weighted by molar-refractivity contribution is 0.0669. The van der Waals surface area contributed by atoms with E-state index in [1.165, 1.54) is 0 Å². The summed E-state index contributed by atoms with van der Waals surface area (Å²) in [6.45, 7) is 4.47. The lowest BCUT2D eigenvalue weighted by atomic mass is 9.80. The van der Waals surface area contributed by atoms with E-state index in [2.05, 4.69) is 15.7 Å². The summed E-state index contributed by atoms with van der Waals surface area (Å²) in [4.78, 5) is 24.2. The van der Waals surface area contributed by atoms with Crippen LogP contribution in [0.3, 0.4) is 0 Å². The van der Waals surface area contributed by atoms with Gasteiger partial charge in [-0.25, -0.2) is 14.6 Å². The molecule has 2 aliphatic rings. The molecule has 0 spiro atoms. The van der Waals surface area contributed by atoms with Gasteiger partial charge >= 0.3 is 0 Å². The Labute approximate surface area is 229 Å². The minimum Gasteiger partial charge on any atom is -0.495 e. The number of carbonyl (C=O) groups excluding carboxylic acids is 1. The summed E-state index contributed by atoms with van der Waals surface area (Å²) in [7, 11) is 1.68. The molecule has 1 atom stereocenters. The zero-order chi connectivity index (χ0) is 26.8. The first-order valence-electron chi connectivity index (χ1n) is 13.7. The van der Waals surface area contributed by atoms with Crippen molar-refractivity contribution in [1.29, 1.82) is 0 Å². The largest absolute Gasteiger partial charge is 0.495 e. The highest BCUT2D eigenvalue weighted by molar-refractivity contribution is 5.94. The third-order valence-corrected chi connectivity index (χ3v) is 7.97. The molecule has 1 fully saturated rings. The maximum absolute atomic E-state index is 12.9. The summed E-state index contributed by atoms with van der Waals surface area (Å²) in [5.74, 6) is 3.66. The van der Waals surface area contributed by atoms with Gasteiger partial charge in [0.2, 0.25) is 0 Å². The maximum atomic E-state index is 12.9. The molecule has 0 bridgehead atoms. The van der Waals surface area contributed by atoms with Gasteiger partial charge in [0.15, 0.2) is 5.82 Å². The summed E-state index contributed by atoms with van der Waals surface area (Å²) in [6.07, 6.45) is 12.0. The lowest BCUT2D eigenvalue weighted by Crippen LogP contribution is -2.40. The van der Waals surface area contributed by atoms with Crippen molar-refractivity contribution >= 4 is 18.1 Å². The van der Waals surface area contributed by atoms with Crippen LogP contribution in [-0.2, 0) is 6.54 Å². The van der Waals surface area contributed by atoms with Crippen LogP contribution in [0.5, 0.6) is 5.75 Å². The molecule has 0 radical (unpaired) electrons. The zero-order valence-electron chi connectivity index (χ0n) is 22.5. The van der Waals surface area contributed by atoms with Crippen molar-refractivity contribution < 1.29 is 9.53 Å². The van der Waals surface area contributed by atoms with E-state index < -0.39 is 0 Å². The van der Waals surface area contributed by atoms with E-state index in [1.807, 2.05) is 77.2 Å². The van der Waals surface area contributed by atoms with Crippen LogP contribution in [0, 0.1) is 12.8 Å². The minimum atomic E-state index is 0.137. The number of piperidine rings is 1. The molecule has 0 saturated carbocycles.